The van der Waals surface area contributed by atoms with E-state index in [1.165, 1.54) is 0 Å². The van der Waals surface area contributed by atoms with Crippen LogP contribution < -0.4 is 5.32 Å². The van der Waals surface area contributed by atoms with Crippen molar-refractivity contribution >= 4 is 28.4 Å². The molecular weight excluding hydrogens is 317 g/mol. The van der Waals surface area contributed by atoms with Crippen molar-refractivity contribution in [2.45, 2.75) is 13.8 Å². The van der Waals surface area contributed by atoms with E-state index in [1.807, 2.05) is 20.0 Å². The zero-order chi connectivity index (χ0) is 11.5. The molecule has 0 unspecified atom stereocenters. The van der Waals surface area contributed by atoms with Crippen molar-refractivity contribution in [2.75, 3.05) is 11.9 Å². The first-order valence-corrected chi connectivity index (χ1v) is 6.06. The van der Waals surface area contributed by atoms with Crippen molar-refractivity contribution < 1.29 is 0 Å². The molecule has 2 aromatic rings. The SMILES string of the molecule is CCNc1ncnc(-n2cc(I)cn2)c1C. The van der Waals surface area contributed by atoms with Gasteiger partial charge in [-0.05, 0) is 36.4 Å². The number of halogens is 1. The van der Waals surface area contributed by atoms with Crippen LogP contribution in [0.25, 0.3) is 5.82 Å². The Morgan fingerprint density at radius 2 is 2.25 bits per heavy atom. The predicted octanol–water partition coefficient (Wildman–Crippen LogP) is 2.01. The summed E-state index contributed by atoms with van der Waals surface area (Å²) in [6, 6.07) is 0. The zero-order valence-electron chi connectivity index (χ0n) is 9.11. The number of nitrogens with one attached hydrogen (secondary N) is 1. The second-order valence-electron chi connectivity index (χ2n) is 3.30. The second-order valence-corrected chi connectivity index (χ2v) is 4.55. The smallest absolute Gasteiger partial charge is 0.161 e. The van der Waals surface area contributed by atoms with E-state index < -0.39 is 0 Å². The highest BCUT2D eigenvalue weighted by molar-refractivity contribution is 14.1. The van der Waals surface area contributed by atoms with Crippen LogP contribution in [0.15, 0.2) is 18.7 Å². The van der Waals surface area contributed by atoms with Crippen molar-refractivity contribution in [1.82, 2.24) is 19.7 Å². The molecule has 0 aliphatic carbocycles. The molecule has 0 radical (unpaired) electrons. The summed E-state index contributed by atoms with van der Waals surface area (Å²) < 4.78 is 2.85. The summed E-state index contributed by atoms with van der Waals surface area (Å²) in [7, 11) is 0. The average molecular weight is 329 g/mol. The Hall–Kier alpha value is -1.18. The number of rotatable bonds is 3. The Kier molecular flexibility index (Phi) is 3.37. The molecule has 1 N–H and O–H groups in total. The highest BCUT2D eigenvalue weighted by Crippen LogP contribution is 2.17. The maximum atomic E-state index is 4.25. The average Bonchev–Trinajstić information content (AvgIpc) is 2.68. The molecule has 0 aliphatic rings. The summed E-state index contributed by atoms with van der Waals surface area (Å²) in [5, 5.41) is 7.44. The number of nitrogens with zero attached hydrogens (tertiary/aromatic N) is 4. The normalized spacial score (nSPS) is 10.4. The van der Waals surface area contributed by atoms with Gasteiger partial charge in [-0.25, -0.2) is 14.6 Å². The second kappa shape index (κ2) is 4.77. The van der Waals surface area contributed by atoms with Gasteiger partial charge < -0.3 is 5.32 Å². The van der Waals surface area contributed by atoms with Crippen LogP contribution in [0.1, 0.15) is 12.5 Å². The van der Waals surface area contributed by atoms with Gasteiger partial charge in [-0.15, -0.1) is 0 Å². The van der Waals surface area contributed by atoms with E-state index in [0.717, 1.165) is 27.3 Å². The molecule has 0 atom stereocenters. The Balaban J connectivity index is 2.45. The van der Waals surface area contributed by atoms with Gasteiger partial charge in [0.1, 0.15) is 12.1 Å². The Morgan fingerprint density at radius 1 is 1.44 bits per heavy atom. The third-order valence-electron chi connectivity index (χ3n) is 2.17. The van der Waals surface area contributed by atoms with Crippen molar-refractivity contribution in [3.05, 3.63) is 27.9 Å². The number of hydrogen-bond donors (Lipinski definition) is 1. The fraction of sp³-hybridized carbons (Fsp3) is 0.300. The third-order valence-corrected chi connectivity index (χ3v) is 2.73. The maximum absolute atomic E-state index is 4.25. The standard InChI is InChI=1S/C10H12IN5/c1-3-12-9-7(2)10(14-6-13-9)16-5-8(11)4-15-16/h4-6H,3H2,1-2H3,(H,12,13,14). The molecule has 84 valence electrons. The van der Waals surface area contributed by atoms with Gasteiger partial charge in [0.25, 0.3) is 0 Å². The van der Waals surface area contributed by atoms with E-state index in [9.17, 15) is 0 Å². The van der Waals surface area contributed by atoms with Gasteiger partial charge in [-0.1, -0.05) is 0 Å². The van der Waals surface area contributed by atoms with E-state index in [0.29, 0.717) is 0 Å². The Labute approximate surface area is 107 Å². The molecule has 2 rings (SSSR count). The first-order chi connectivity index (χ1) is 7.72. The van der Waals surface area contributed by atoms with Crippen LogP contribution in [0, 0.1) is 10.5 Å². The van der Waals surface area contributed by atoms with Crippen molar-refractivity contribution in [3.63, 3.8) is 0 Å². The van der Waals surface area contributed by atoms with Gasteiger partial charge in [0.15, 0.2) is 5.82 Å². The van der Waals surface area contributed by atoms with Gasteiger partial charge in [-0.2, -0.15) is 5.10 Å². The van der Waals surface area contributed by atoms with Crippen molar-refractivity contribution in [3.8, 4) is 5.82 Å². The van der Waals surface area contributed by atoms with Crippen LogP contribution in [-0.4, -0.2) is 26.3 Å². The molecule has 5 nitrogen and oxygen atoms in total. The van der Waals surface area contributed by atoms with E-state index in [4.69, 9.17) is 0 Å². The van der Waals surface area contributed by atoms with Gasteiger partial charge in [0, 0.05) is 18.3 Å². The molecule has 2 aromatic heterocycles. The summed E-state index contributed by atoms with van der Waals surface area (Å²) in [6.45, 7) is 4.87. The van der Waals surface area contributed by atoms with E-state index in [-0.39, 0.29) is 0 Å². The van der Waals surface area contributed by atoms with Crippen LogP contribution in [0.2, 0.25) is 0 Å². The summed E-state index contributed by atoms with van der Waals surface area (Å²) in [4.78, 5) is 8.45. The van der Waals surface area contributed by atoms with Crippen LogP contribution >= 0.6 is 22.6 Å². The number of anilines is 1. The van der Waals surface area contributed by atoms with Crippen LogP contribution in [0.5, 0.6) is 0 Å². The summed E-state index contributed by atoms with van der Waals surface area (Å²) in [5.41, 5.74) is 1.00. The van der Waals surface area contributed by atoms with Gasteiger partial charge in [0.05, 0.1) is 9.77 Å². The molecule has 0 aliphatic heterocycles. The maximum Gasteiger partial charge on any atom is 0.161 e. The van der Waals surface area contributed by atoms with Crippen LogP contribution in [-0.2, 0) is 0 Å². The van der Waals surface area contributed by atoms with Gasteiger partial charge in [-0.3, -0.25) is 0 Å². The Morgan fingerprint density at radius 3 is 2.88 bits per heavy atom. The van der Waals surface area contributed by atoms with Crippen molar-refractivity contribution in [1.29, 1.82) is 0 Å². The fourth-order valence-electron chi connectivity index (χ4n) is 1.43. The molecule has 0 fully saturated rings. The first kappa shape index (κ1) is 11.3. The molecular formula is C10H12IN5. The first-order valence-electron chi connectivity index (χ1n) is 4.98. The van der Waals surface area contributed by atoms with E-state index in [2.05, 4.69) is 43.0 Å². The van der Waals surface area contributed by atoms with Gasteiger partial charge >= 0.3 is 0 Å². The van der Waals surface area contributed by atoms with Crippen LogP contribution in [0.4, 0.5) is 5.82 Å². The molecule has 0 spiro atoms. The molecule has 0 amide bonds. The minimum absolute atomic E-state index is 0.814. The lowest BCUT2D eigenvalue weighted by molar-refractivity contribution is 0.829. The molecule has 0 saturated heterocycles. The fourth-order valence-corrected chi connectivity index (χ4v) is 1.82. The summed E-state index contributed by atoms with van der Waals surface area (Å²) in [6.07, 6.45) is 5.29. The highest BCUT2D eigenvalue weighted by atomic mass is 127. The minimum atomic E-state index is 0.814. The summed E-state index contributed by atoms with van der Waals surface area (Å²) >= 11 is 2.22. The molecule has 6 heteroatoms. The quantitative estimate of drug-likeness (QED) is 0.876. The predicted molar refractivity (Wildman–Crippen MR) is 70.8 cm³/mol. The minimum Gasteiger partial charge on any atom is -0.370 e. The van der Waals surface area contributed by atoms with E-state index in [1.54, 1.807) is 17.2 Å². The molecule has 0 bridgehead atoms. The number of hydrogen-bond acceptors (Lipinski definition) is 4. The lowest BCUT2D eigenvalue weighted by atomic mass is 10.3. The lowest BCUT2D eigenvalue weighted by Gasteiger charge is -2.09. The monoisotopic (exact) mass is 329 g/mol. The lowest BCUT2D eigenvalue weighted by Crippen LogP contribution is -2.07. The van der Waals surface area contributed by atoms with Gasteiger partial charge in [0.2, 0.25) is 0 Å². The molecule has 0 saturated carbocycles. The molecule has 0 aromatic carbocycles. The summed E-state index contributed by atoms with van der Waals surface area (Å²) in [5.74, 6) is 1.67. The molecule has 16 heavy (non-hydrogen) atoms. The van der Waals surface area contributed by atoms with E-state index >= 15 is 0 Å². The van der Waals surface area contributed by atoms with Crippen molar-refractivity contribution in [2.24, 2.45) is 0 Å². The van der Waals surface area contributed by atoms with Crippen LogP contribution in [0.3, 0.4) is 0 Å². The largest absolute Gasteiger partial charge is 0.370 e. The molecule has 2 heterocycles. The number of aromatic nitrogens is 4. The highest BCUT2D eigenvalue weighted by Gasteiger charge is 2.08. The topological polar surface area (TPSA) is 55.6 Å². The zero-order valence-corrected chi connectivity index (χ0v) is 11.3. The third kappa shape index (κ3) is 2.16. The Bertz CT molecular complexity index is 494.